The highest BCUT2D eigenvalue weighted by atomic mass is 32.2. The zero-order valence-corrected chi connectivity index (χ0v) is 12.4. The van der Waals surface area contributed by atoms with Crippen molar-refractivity contribution in [3.8, 4) is 0 Å². The zero-order valence-electron chi connectivity index (χ0n) is 11.6. The van der Waals surface area contributed by atoms with Crippen molar-refractivity contribution in [2.75, 3.05) is 25.9 Å². The van der Waals surface area contributed by atoms with Crippen LogP contribution < -0.4 is 0 Å². The van der Waals surface area contributed by atoms with Crippen molar-refractivity contribution in [3.05, 3.63) is 35.9 Å². The van der Waals surface area contributed by atoms with Gasteiger partial charge >= 0.3 is 0 Å². The lowest BCUT2D eigenvalue weighted by molar-refractivity contribution is 0.210. The van der Waals surface area contributed by atoms with Crippen LogP contribution >= 0.6 is 0 Å². The molecule has 1 aliphatic heterocycles. The lowest BCUT2D eigenvalue weighted by atomic mass is 10.1. The van der Waals surface area contributed by atoms with Crippen LogP contribution in [-0.4, -0.2) is 49.6 Å². The molecule has 0 amide bonds. The van der Waals surface area contributed by atoms with Gasteiger partial charge in [-0.05, 0) is 18.9 Å². The minimum atomic E-state index is -3.06. The maximum atomic E-state index is 11.6. The quantitative estimate of drug-likeness (QED) is 0.844. The van der Waals surface area contributed by atoms with Gasteiger partial charge in [0.1, 0.15) is 0 Å². The van der Waals surface area contributed by atoms with Crippen molar-refractivity contribution >= 4 is 10.0 Å². The molecule has 4 nitrogen and oxygen atoms in total. The van der Waals surface area contributed by atoms with Crippen molar-refractivity contribution < 1.29 is 8.42 Å². The fraction of sp³-hybridized carbons (Fsp3) is 0.571. The molecular weight excluding hydrogens is 260 g/mol. The summed E-state index contributed by atoms with van der Waals surface area (Å²) < 4.78 is 24.8. The summed E-state index contributed by atoms with van der Waals surface area (Å²) in [5, 5.41) is 0. The van der Waals surface area contributed by atoms with E-state index in [0.29, 0.717) is 19.1 Å². The first-order valence-electron chi connectivity index (χ1n) is 6.70. The van der Waals surface area contributed by atoms with E-state index in [1.165, 1.54) is 11.8 Å². The SMILES string of the molecule is CC1CCN(S(C)(=O)=O)CCN1Cc1ccccc1. The van der Waals surface area contributed by atoms with Crippen LogP contribution in [0.5, 0.6) is 0 Å². The molecule has 1 heterocycles. The van der Waals surface area contributed by atoms with Crippen molar-refractivity contribution in [1.29, 1.82) is 0 Å². The van der Waals surface area contributed by atoms with E-state index in [0.717, 1.165) is 19.5 Å². The highest BCUT2D eigenvalue weighted by Gasteiger charge is 2.25. The van der Waals surface area contributed by atoms with Gasteiger partial charge in [0.2, 0.25) is 10.0 Å². The fourth-order valence-corrected chi connectivity index (χ4v) is 3.32. The summed E-state index contributed by atoms with van der Waals surface area (Å²) in [5.74, 6) is 0. The first-order valence-corrected chi connectivity index (χ1v) is 8.55. The first kappa shape index (κ1) is 14.5. The van der Waals surface area contributed by atoms with Crippen molar-refractivity contribution in [3.63, 3.8) is 0 Å². The van der Waals surface area contributed by atoms with Gasteiger partial charge < -0.3 is 0 Å². The van der Waals surface area contributed by atoms with Gasteiger partial charge in [0.25, 0.3) is 0 Å². The third-order valence-corrected chi connectivity index (χ3v) is 5.06. The lowest BCUT2D eigenvalue weighted by Gasteiger charge is -2.26. The standard InChI is InChI=1S/C14H22N2O2S/c1-13-8-9-16(19(2,17)18)11-10-15(13)12-14-6-4-3-5-7-14/h3-7,13H,8-12H2,1-2H3. The molecule has 0 aliphatic carbocycles. The van der Waals surface area contributed by atoms with Gasteiger partial charge in [0.05, 0.1) is 6.26 Å². The number of rotatable bonds is 3. The average molecular weight is 282 g/mol. The molecule has 1 atom stereocenters. The van der Waals surface area contributed by atoms with Crippen LogP contribution in [0.15, 0.2) is 30.3 Å². The minimum absolute atomic E-state index is 0.409. The Kier molecular flexibility index (Phi) is 4.60. The highest BCUT2D eigenvalue weighted by Crippen LogP contribution is 2.16. The summed E-state index contributed by atoms with van der Waals surface area (Å²) in [6.45, 7) is 5.08. The molecule has 1 aromatic carbocycles. The molecule has 0 radical (unpaired) electrons. The summed E-state index contributed by atoms with van der Waals surface area (Å²) >= 11 is 0. The molecule has 0 aromatic heterocycles. The Balaban J connectivity index is 2.03. The molecule has 5 heteroatoms. The lowest BCUT2D eigenvalue weighted by Crippen LogP contribution is -2.35. The molecule has 1 aromatic rings. The monoisotopic (exact) mass is 282 g/mol. The minimum Gasteiger partial charge on any atom is -0.295 e. The average Bonchev–Trinajstić information content (AvgIpc) is 2.53. The Bertz CT molecular complexity index is 501. The molecule has 1 unspecified atom stereocenters. The molecule has 1 aliphatic rings. The van der Waals surface area contributed by atoms with Gasteiger partial charge in [-0.1, -0.05) is 30.3 Å². The van der Waals surface area contributed by atoms with Gasteiger partial charge in [0.15, 0.2) is 0 Å². The number of benzene rings is 1. The van der Waals surface area contributed by atoms with Crippen LogP contribution in [0, 0.1) is 0 Å². The predicted octanol–water partition coefficient (Wildman–Crippen LogP) is 1.54. The van der Waals surface area contributed by atoms with E-state index in [4.69, 9.17) is 0 Å². The summed E-state index contributed by atoms with van der Waals surface area (Å²) in [6, 6.07) is 10.7. The van der Waals surface area contributed by atoms with E-state index < -0.39 is 10.0 Å². The van der Waals surface area contributed by atoms with E-state index in [9.17, 15) is 8.42 Å². The van der Waals surface area contributed by atoms with E-state index in [1.54, 1.807) is 4.31 Å². The Morgan fingerprint density at radius 1 is 1.16 bits per heavy atom. The molecule has 0 bridgehead atoms. The second-order valence-corrected chi connectivity index (χ2v) is 7.24. The van der Waals surface area contributed by atoms with Crippen LogP contribution in [0.2, 0.25) is 0 Å². The summed E-state index contributed by atoms with van der Waals surface area (Å²) in [5.41, 5.74) is 1.28. The molecular formula is C14H22N2O2S. The van der Waals surface area contributed by atoms with Crippen molar-refractivity contribution in [2.24, 2.45) is 0 Å². The normalized spacial score (nSPS) is 23.2. The molecule has 0 saturated carbocycles. The number of hydrogen-bond donors (Lipinski definition) is 0. The van der Waals surface area contributed by atoms with Gasteiger partial charge in [-0.25, -0.2) is 12.7 Å². The topological polar surface area (TPSA) is 40.6 Å². The third kappa shape index (κ3) is 4.03. The van der Waals surface area contributed by atoms with E-state index in [-0.39, 0.29) is 0 Å². The molecule has 2 rings (SSSR count). The molecule has 0 N–H and O–H groups in total. The third-order valence-electron chi connectivity index (χ3n) is 3.75. The van der Waals surface area contributed by atoms with Crippen molar-refractivity contribution in [1.82, 2.24) is 9.21 Å². The number of sulfonamides is 1. The number of hydrogen-bond acceptors (Lipinski definition) is 3. The second-order valence-electron chi connectivity index (χ2n) is 5.26. The van der Waals surface area contributed by atoms with Crippen molar-refractivity contribution in [2.45, 2.75) is 25.9 Å². The Hall–Kier alpha value is -0.910. The Labute approximate surface area is 116 Å². The molecule has 1 fully saturated rings. The second kappa shape index (κ2) is 6.03. The fourth-order valence-electron chi connectivity index (χ4n) is 2.47. The summed E-state index contributed by atoms with van der Waals surface area (Å²) in [7, 11) is -3.06. The molecule has 1 saturated heterocycles. The summed E-state index contributed by atoms with van der Waals surface area (Å²) in [4.78, 5) is 2.36. The maximum absolute atomic E-state index is 11.6. The first-order chi connectivity index (χ1) is 8.97. The number of nitrogens with zero attached hydrogens (tertiary/aromatic N) is 2. The smallest absolute Gasteiger partial charge is 0.211 e. The molecule has 19 heavy (non-hydrogen) atoms. The maximum Gasteiger partial charge on any atom is 0.211 e. The van der Waals surface area contributed by atoms with E-state index in [1.807, 2.05) is 18.2 Å². The van der Waals surface area contributed by atoms with E-state index in [2.05, 4.69) is 24.0 Å². The van der Waals surface area contributed by atoms with Crippen LogP contribution in [0.25, 0.3) is 0 Å². The van der Waals surface area contributed by atoms with Crippen LogP contribution in [0.3, 0.4) is 0 Å². The summed E-state index contributed by atoms with van der Waals surface area (Å²) in [6.07, 6.45) is 2.18. The van der Waals surface area contributed by atoms with Crippen LogP contribution in [-0.2, 0) is 16.6 Å². The van der Waals surface area contributed by atoms with Gasteiger partial charge in [-0.15, -0.1) is 0 Å². The Morgan fingerprint density at radius 3 is 2.47 bits per heavy atom. The highest BCUT2D eigenvalue weighted by molar-refractivity contribution is 7.88. The Morgan fingerprint density at radius 2 is 1.84 bits per heavy atom. The molecule has 0 spiro atoms. The van der Waals surface area contributed by atoms with Crippen LogP contribution in [0.4, 0.5) is 0 Å². The molecule has 106 valence electrons. The van der Waals surface area contributed by atoms with Gasteiger partial charge in [-0.3, -0.25) is 4.90 Å². The van der Waals surface area contributed by atoms with Gasteiger partial charge in [-0.2, -0.15) is 0 Å². The largest absolute Gasteiger partial charge is 0.295 e. The van der Waals surface area contributed by atoms with Crippen LogP contribution in [0.1, 0.15) is 18.9 Å². The van der Waals surface area contributed by atoms with E-state index >= 15 is 0 Å². The van der Waals surface area contributed by atoms with Gasteiger partial charge in [0, 0.05) is 32.2 Å². The predicted molar refractivity (Wildman–Crippen MR) is 77.3 cm³/mol. The zero-order chi connectivity index (χ0) is 13.9.